The molecule has 0 heterocycles. The van der Waals surface area contributed by atoms with Gasteiger partial charge in [0.25, 0.3) is 5.91 Å². The van der Waals surface area contributed by atoms with E-state index in [0.717, 1.165) is 4.47 Å². The minimum absolute atomic E-state index is 0.00602. The maximum atomic E-state index is 11.9. The van der Waals surface area contributed by atoms with Crippen LogP contribution in [0.25, 0.3) is 0 Å². The van der Waals surface area contributed by atoms with Crippen LogP contribution in [0, 0.1) is 0 Å². The fourth-order valence-electron chi connectivity index (χ4n) is 1.60. The zero-order valence-corrected chi connectivity index (χ0v) is 15.6. The van der Waals surface area contributed by atoms with Crippen molar-refractivity contribution in [1.29, 1.82) is 0 Å². The summed E-state index contributed by atoms with van der Waals surface area (Å²) in [5.41, 5.74) is 2.80. The van der Waals surface area contributed by atoms with Gasteiger partial charge in [-0.25, -0.2) is 5.43 Å². The van der Waals surface area contributed by atoms with Crippen LogP contribution in [0.3, 0.4) is 0 Å². The summed E-state index contributed by atoms with van der Waals surface area (Å²) in [5.74, 6) is -0.709. The molecule has 3 N–H and O–H groups in total. The zero-order valence-electron chi connectivity index (χ0n) is 10.8. The number of halogens is 3. The normalized spacial score (nSPS) is 10.9. The lowest BCUT2D eigenvalue weighted by molar-refractivity contribution is 0.0952. The molecule has 0 radical (unpaired) electrons. The summed E-state index contributed by atoms with van der Waals surface area (Å²) < 4.78 is 1.90. The molecular formula is C14H9Br3N2O3. The first-order valence-electron chi connectivity index (χ1n) is 5.88. The molecule has 2 aromatic carbocycles. The van der Waals surface area contributed by atoms with E-state index >= 15 is 0 Å². The van der Waals surface area contributed by atoms with E-state index in [1.807, 2.05) is 0 Å². The molecule has 0 aliphatic heterocycles. The van der Waals surface area contributed by atoms with Gasteiger partial charge in [0.2, 0.25) is 0 Å². The van der Waals surface area contributed by atoms with Gasteiger partial charge < -0.3 is 10.2 Å². The smallest absolute Gasteiger partial charge is 0.275 e. The van der Waals surface area contributed by atoms with E-state index in [1.165, 1.54) is 18.3 Å². The third-order valence-corrected chi connectivity index (χ3v) is 4.19. The van der Waals surface area contributed by atoms with Crippen molar-refractivity contribution >= 4 is 59.9 Å². The first kappa shape index (κ1) is 17.0. The van der Waals surface area contributed by atoms with Crippen LogP contribution in [-0.4, -0.2) is 22.3 Å². The fraction of sp³-hybridized carbons (Fsp3) is 0. The molecule has 5 nitrogen and oxygen atoms in total. The van der Waals surface area contributed by atoms with E-state index in [4.69, 9.17) is 0 Å². The molecule has 22 heavy (non-hydrogen) atoms. The van der Waals surface area contributed by atoms with Crippen molar-refractivity contribution < 1.29 is 15.0 Å². The van der Waals surface area contributed by atoms with Gasteiger partial charge in [0.1, 0.15) is 11.5 Å². The van der Waals surface area contributed by atoms with Crippen molar-refractivity contribution in [3.05, 3.63) is 54.9 Å². The molecule has 0 atom stereocenters. The molecule has 2 aromatic rings. The van der Waals surface area contributed by atoms with E-state index < -0.39 is 5.91 Å². The van der Waals surface area contributed by atoms with Crippen LogP contribution in [0.4, 0.5) is 0 Å². The monoisotopic (exact) mass is 490 g/mol. The van der Waals surface area contributed by atoms with Crippen molar-refractivity contribution in [3.63, 3.8) is 0 Å². The van der Waals surface area contributed by atoms with Gasteiger partial charge in [-0.2, -0.15) is 5.10 Å². The molecular weight excluding hydrogens is 484 g/mol. The van der Waals surface area contributed by atoms with Gasteiger partial charge in [-0.3, -0.25) is 4.79 Å². The standard InChI is InChI=1S/C14H9Br3N2O3/c15-8-1-2-12(20)10(4-8)14(22)19-18-6-7-3-9(16)5-11(17)13(7)21/h1-6,20-21H,(H,19,22)/b18-6+. The Bertz CT molecular complexity index is 763. The van der Waals surface area contributed by atoms with Gasteiger partial charge in [0.15, 0.2) is 0 Å². The SMILES string of the molecule is O=C(N/N=C/c1cc(Br)cc(Br)c1O)c1cc(Br)ccc1O. The van der Waals surface area contributed by atoms with Crippen LogP contribution in [0.1, 0.15) is 15.9 Å². The van der Waals surface area contributed by atoms with E-state index in [-0.39, 0.29) is 17.1 Å². The molecule has 0 unspecified atom stereocenters. The number of nitrogens with one attached hydrogen (secondary N) is 1. The number of hydrogen-bond acceptors (Lipinski definition) is 4. The molecule has 0 aliphatic rings. The Labute approximate surface area is 151 Å². The number of aromatic hydroxyl groups is 2. The molecule has 114 valence electrons. The maximum absolute atomic E-state index is 11.9. The summed E-state index contributed by atoms with van der Waals surface area (Å²) in [4.78, 5) is 11.9. The van der Waals surface area contributed by atoms with E-state index in [2.05, 4.69) is 58.3 Å². The second kappa shape index (κ2) is 7.26. The number of carbonyl (C=O) groups is 1. The summed E-state index contributed by atoms with van der Waals surface area (Å²) in [6, 6.07) is 7.83. The summed E-state index contributed by atoms with van der Waals surface area (Å²) in [6.07, 6.45) is 1.30. The van der Waals surface area contributed by atoms with Gasteiger partial charge >= 0.3 is 0 Å². The Hall–Kier alpha value is -1.38. The number of carbonyl (C=O) groups excluding carboxylic acids is 1. The molecule has 0 saturated carbocycles. The van der Waals surface area contributed by atoms with Crippen LogP contribution in [0.5, 0.6) is 11.5 Å². The van der Waals surface area contributed by atoms with Crippen molar-refractivity contribution in [2.45, 2.75) is 0 Å². The lowest BCUT2D eigenvalue weighted by atomic mass is 10.2. The highest BCUT2D eigenvalue weighted by atomic mass is 79.9. The third kappa shape index (κ3) is 4.08. The largest absolute Gasteiger partial charge is 0.507 e. The van der Waals surface area contributed by atoms with Crippen LogP contribution in [0.15, 0.2) is 48.9 Å². The van der Waals surface area contributed by atoms with Crippen LogP contribution in [-0.2, 0) is 0 Å². The number of nitrogens with zero attached hydrogens (tertiary/aromatic N) is 1. The third-order valence-electron chi connectivity index (χ3n) is 2.63. The molecule has 0 aliphatic carbocycles. The van der Waals surface area contributed by atoms with Crippen molar-refractivity contribution in [2.24, 2.45) is 5.10 Å². The lowest BCUT2D eigenvalue weighted by Crippen LogP contribution is -2.17. The second-order valence-corrected chi connectivity index (χ2v) is 6.87. The van der Waals surface area contributed by atoms with E-state index in [9.17, 15) is 15.0 Å². The van der Waals surface area contributed by atoms with Gasteiger partial charge in [-0.15, -0.1) is 0 Å². The minimum atomic E-state index is -0.566. The second-order valence-electron chi connectivity index (χ2n) is 4.19. The van der Waals surface area contributed by atoms with Gasteiger partial charge in [-0.05, 0) is 46.3 Å². The van der Waals surface area contributed by atoms with Gasteiger partial charge in [-0.1, -0.05) is 31.9 Å². The first-order chi connectivity index (χ1) is 10.4. The Kier molecular flexibility index (Phi) is 5.60. The highest BCUT2D eigenvalue weighted by Crippen LogP contribution is 2.30. The summed E-state index contributed by atoms with van der Waals surface area (Å²) in [7, 11) is 0. The number of hydrazone groups is 1. The topological polar surface area (TPSA) is 81.9 Å². The molecule has 0 bridgehead atoms. The van der Waals surface area contributed by atoms with Crippen molar-refractivity contribution in [1.82, 2.24) is 5.43 Å². The predicted molar refractivity (Wildman–Crippen MR) is 94.4 cm³/mol. The molecule has 2 rings (SSSR count). The van der Waals surface area contributed by atoms with E-state index in [0.29, 0.717) is 14.5 Å². The Balaban J connectivity index is 2.16. The number of phenols is 2. The lowest BCUT2D eigenvalue weighted by Gasteiger charge is -2.04. The molecule has 0 saturated heterocycles. The average Bonchev–Trinajstić information content (AvgIpc) is 2.46. The summed E-state index contributed by atoms with van der Waals surface area (Å²) in [6.45, 7) is 0. The summed E-state index contributed by atoms with van der Waals surface area (Å²) in [5, 5.41) is 23.3. The first-order valence-corrected chi connectivity index (χ1v) is 8.26. The minimum Gasteiger partial charge on any atom is -0.507 e. The molecule has 0 spiro atoms. The highest BCUT2D eigenvalue weighted by molar-refractivity contribution is 9.11. The van der Waals surface area contributed by atoms with Crippen LogP contribution in [0.2, 0.25) is 0 Å². The van der Waals surface area contributed by atoms with Crippen LogP contribution >= 0.6 is 47.8 Å². The Morgan fingerprint density at radius 1 is 1.09 bits per heavy atom. The number of rotatable bonds is 3. The predicted octanol–water partition coefficient (Wildman–Crippen LogP) is 4.15. The van der Waals surface area contributed by atoms with E-state index in [1.54, 1.807) is 18.2 Å². The van der Waals surface area contributed by atoms with Crippen molar-refractivity contribution in [3.8, 4) is 11.5 Å². The average molecular weight is 493 g/mol. The van der Waals surface area contributed by atoms with Gasteiger partial charge in [0, 0.05) is 14.5 Å². The molecule has 1 amide bonds. The van der Waals surface area contributed by atoms with Crippen LogP contribution < -0.4 is 5.43 Å². The molecule has 8 heteroatoms. The zero-order chi connectivity index (χ0) is 16.3. The number of phenolic OH excluding ortho intramolecular Hbond substituents is 2. The quantitative estimate of drug-likeness (QED) is 0.445. The highest BCUT2D eigenvalue weighted by Gasteiger charge is 2.11. The number of hydrogen-bond donors (Lipinski definition) is 3. The maximum Gasteiger partial charge on any atom is 0.275 e. The van der Waals surface area contributed by atoms with Gasteiger partial charge in [0.05, 0.1) is 16.3 Å². The Morgan fingerprint density at radius 2 is 1.82 bits per heavy atom. The Morgan fingerprint density at radius 3 is 2.55 bits per heavy atom. The molecule has 0 fully saturated rings. The fourth-order valence-corrected chi connectivity index (χ4v) is 3.21. The summed E-state index contributed by atoms with van der Waals surface area (Å²) >= 11 is 9.72. The number of amides is 1. The van der Waals surface area contributed by atoms with Crippen molar-refractivity contribution in [2.75, 3.05) is 0 Å². The molecule has 0 aromatic heterocycles. The number of benzene rings is 2.